The summed E-state index contributed by atoms with van der Waals surface area (Å²) in [6.07, 6.45) is 1.50. The van der Waals surface area contributed by atoms with E-state index >= 15 is 0 Å². The fourth-order valence-electron chi connectivity index (χ4n) is 2.51. The largest absolute Gasteiger partial charge is 0.467 e. The van der Waals surface area contributed by atoms with E-state index in [2.05, 4.69) is 5.10 Å². The highest BCUT2D eigenvalue weighted by Gasteiger charge is 2.15. The fourth-order valence-corrected chi connectivity index (χ4v) is 2.51. The first-order chi connectivity index (χ1) is 13.0. The lowest BCUT2D eigenvalue weighted by molar-refractivity contribution is -0.152. The zero-order chi connectivity index (χ0) is 19.4. The zero-order valence-corrected chi connectivity index (χ0v) is 14.5. The van der Waals surface area contributed by atoms with Crippen LogP contribution in [-0.4, -0.2) is 40.2 Å². The number of hydrogen-bond donors (Lipinski definition) is 1. The molecule has 0 aliphatic rings. The van der Waals surface area contributed by atoms with Crippen molar-refractivity contribution in [3.63, 3.8) is 0 Å². The number of H-pyrrole nitrogens is 1. The Balaban J connectivity index is 1.62. The number of amides is 1. The molecule has 0 radical (unpaired) electrons. The number of furan rings is 1. The lowest BCUT2D eigenvalue weighted by Gasteiger charge is -2.15. The van der Waals surface area contributed by atoms with Gasteiger partial charge in [-0.25, -0.2) is 4.68 Å². The van der Waals surface area contributed by atoms with Crippen molar-refractivity contribution in [2.45, 2.75) is 13.1 Å². The molecule has 2 heterocycles. The van der Waals surface area contributed by atoms with Gasteiger partial charge in [0.1, 0.15) is 12.3 Å². The molecular weight excluding hydrogens is 354 g/mol. The summed E-state index contributed by atoms with van der Waals surface area (Å²) >= 11 is 0. The van der Waals surface area contributed by atoms with Gasteiger partial charge in [-0.1, -0.05) is 12.1 Å². The molecule has 27 heavy (non-hydrogen) atoms. The molecule has 0 saturated heterocycles. The molecule has 3 rings (SSSR count). The first-order valence-corrected chi connectivity index (χ1v) is 8.09. The Morgan fingerprint density at radius 1 is 1.15 bits per heavy atom. The van der Waals surface area contributed by atoms with Gasteiger partial charge in [-0.3, -0.25) is 24.3 Å². The van der Waals surface area contributed by atoms with Crippen LogP contribution in [0.2, 0.25) is 0 Å². The van der Waals surface area contributed by atoms with E-state index in [1.54, 1.807) is 31.3 Å². The van der Waals surface area contributed by atoms with E-state index in [9.17, 15) is 19.2 Å². The molecule has 2 aromatic heterocycles. The monoisotopic (exact) mass is 371 g/mol. The van der Waals surface area contributed by atoms with Crippen LogP contribution in [0.3, 0.4) is 0 Å². The third-order valence-corrected chi connectivity index (χ3v) is 3.93. The van der Waals surface area contributed by atoms with Crippen molar-refractivity contribution in [1.82, 2.24) is 14.7 Å². The van der Waals surface area contributed by atoms with E-state index in [0.29, 0.717) is 5.76 Å². The topological polar surface area (TPSA) is 115 Å². The summed E-state index contributed by atoms with van der Waals surface area (Å²) in [4.78, 5) is 49.7. The van der Waals surface area contributed by atoms with Crippen LogP contribution in [0.15, 0.2) is 56.7 Å². The van der Waals surface area contributed by atoms with E-state index in [4.69, 9.17) is 9.15 Å². The second-order valence-electron chi connectivity index (χ2n) is 5.87. The number of nitrogens with zero attached hydrogens (tertiary/aromatic N) is 2. The summed E-state index contributed by atoms with van der Waals surface area (Å²) in [6.45, 7) is -0.752. The molecule has 0 bridgehead atoms. The van der Waals surface area contributed by atoms with Crippen LogP contribution in [0, 0.1) is 0 Å². The Kier molecular flexibility index (Phi) is 5.20. The molecule has 0 spiro atoms. The van der Waals surface area contributed by atoms with Crippen molar-refractivity contribution in [2.75, 3.05) is 13.7 Å². The Morgan fingerprint density at radius 2 is 1.89 bits per heavy atom. The minimum absolute atomic E-state index is 0.198. The molecule has 0 atom stereocenters. The van der Waals surface area contributed by atoms with E-state index < -0.39 is 36.1 Å². The minimum Gasteiger partial charge on any atom is -0.467 e. The molecule has 1 N–H and O–H groups in total. The Hall–Kier alpha value is -3.62. The first kappa shape index (κ1) is 18.2. The van der Waals surface area contributed by atoms with Crippen molar-refractivity contribution in [2.24, 2.45) is 0 Å². The lowest BCUT2D eigenvalue weighted by Crippen LogP contribution is -2.35. The van der Waals surface area contributed by atoms with Gasteiger partial charge in [0.15, 0.2) is 6.61 Å². The summed E-state index contributed by atoms with van der Waals surface area (Å²) < 4.78 is 10.9. The van der Waals surface area contributed by atoms with Gasteiger partial charge in [0.25, 0.3) is 17.0 Å². The standard InChI is InChI=1S/C18H17N3O6/c1-20(9-12-5-4-8-26-12)15(22)11-27-16(23)10-21-18(25)14-7-3-2-6-13(14)17(24)19-21/h2-8H,9-11H2,1H3,(H,19,24). The number of benzene rings is 1. The maximum absolute atomic E-state index is 12.3. The molecule has 1 aromatic carbocycles. The highest BCUT2D eigenvalue weighted by molar-refractivity contribution is 5.81. The average molecular weight is 371 g/mol. The number of fused-ring (bicyclic) bond motifs is 1. The SMILES string of the molecule is CN(Cc1ccco1)C(=O)COC(=O)Cn1[nH]c(=O)c2ccccc2c1=O. The van der Waals surface area contributed by atoms with Gasteiger partial charge in [0, 0.05) is 7.05 Å². The van der Waals surface area contributed by atoms with Crippen LogP contribution in [0.4, 0.5) is 0 Å². The lowest BCUT2D eigenvalue weighted by atomic mass is 10.2. The first-order valence-electron chi connectivity index (χ1n) is 8.09. The number of ether oxygens (including phenoxy) is 1. The molecule has 1 amide bonds. The van der Waals surface area contributed by atoms with Gasteiger partial charge in [-0.15, -0.1) is 0 Å². The van der Waals surface area contributed by atoms with Gasteiger partial charge in [-0.05, 0) is 24.3 Å². The predicted octanol–water partition coefficient (Wildman–Crippen LogP) is 0.485. The number of aromatic nitrogens is 2. The van der Waals surface area contributed by atoms with Crippen LogP contribution < -0.4 is 11.1 Å². The summed E-state index contributed by atoms with van der Waals surface area (Å²) in [5.41, 5.74) is -1.02. The number of rotatable bonds is 6. The molecule has 0 aliphatic carbocycles. The number of esters is 1. The van der Waals surface area contributed by atoms with Gasteiger partial charge in [-0.2, -0.15) is 0 Å². The van der Waals surface area contributed by atoms with Crippen LogP contribution in [0.5, 0.6) is 0 Å². The number of carbonyl (C=O) groups is 2. The highest BCUT2D eigenvalue weighted by atomic mass is 16.5. The van der Waals surface area contributed by atoms with Gasteiger partial charge < -0.3 is 14.1 Å². The Bertz CT molecular complexity index is 1080. The summed E-state index contributed by atoms with van der Waals surface area (Å²) in [5, 5.41) is 2.76. The van der Waals surface area contributed by atoms with E-state index in [0.717, 1.165) is 4.68 Å². The van der Waals surface area contributed by atoms with Crippen molar-refractivity contribution in [1.29, 1.82) is 0 Å². The third kappa shape index (κ3) is 4.14. The Labute approximate surface area is 152 Å². The van der Waals surface area contributed by atoms with Crippen LogP contribution in [-0.2, 0) is 27.4 Å². The molecule has 0 unspecified atom stereocenters. The van der Waals surface area contributed by atoms with Gasteiger partial charge in [0.2, 0.25) is 0 Å². The van der Waals surface area contributed by atoms with Gasteiger partial charge in [0.05, 0.1) is 23.6 Å². The second-order valence-corrected chi connectivity index (χ2v) is 5.87. The number of hydrogen-bond acceptors (Lipinski definition) is 6. The van der Waals surface area contributed by atoms with Crippen LogP contribution in [0.1, 0.15) is 5.76 Å². The summed E-state index contributed by atoms with van der Waals surface area (Å²) in [5.74, 6) is -0.653. The molecule has 9 nitrogen and oxygen atoms in total. The van der Waals surface area contributed by atoms with E-state index in [-0.39, 0.29) is 17.3 Å². The molecular formula is C18H17N3O6. The number of carbonyl (C=O) groups excluding carboxylic acids is 2. The quantitative estimate of drug-likeness (QED) is 0.631. The molecule has 0 saturated carbocycles. The molecule has 0 fully saturated rings. The minimum atomic E-state index is -0.817. The number of nitrogens with one attached hydrogen (secondary N) is 1. The number of aromatic amines is 1. The predicted molar refractivity (Wildman–Crippen MR) is 95.0 cm³/mol. The highest BCUT2D eigenvalue weighted by Crippen LogP contribution is 2.04. The van der Waals surface area contributed by atoms with Gasteiger partial charge >= 0.3 is 5.97 Å². The van der Waals surface area contributed by atoms with Crippen molar-refractivity contribution in [3.05, 3.63) is 69.1 Å². The van der Waals surface area contributed by atoms with Crippen LogP contribution in [0.25, 0.3) is 10.8 Å². The average Bonchev–Trinajstić information content (AvgIpc) is 3.17. The molecule has 0 aliphatic heterocycles. The van der Waals surface area contributed by atoms with Crippen LogP contribution >= 0.6 is 0 Å². The smallest absolute Gasteiger partial charge is 0.328 e. The maximum Gasteiger partial charge on any atom is 0.328 e. The normalized spacial score (nSPS) is 10.7. The number of likely N-dealkylation sites (N-methyl/N-ethyl adjacent to an activating group) is 1. The second kappa shape index (κ2) is 7.73. The van der Waals surface area contributed by atoms with Crippen molar-refractivity contribution >= 4 is 22.6 Å². The molecule has 9 heteroatoms. The van der Waals surface area contributed by atoms with Crippen molar-refractivity contribution in [3.8, 4) is 0 Å². The van der Waals surface area contributed by atoms with Crippen molar-refractivity contribution < 1.29 is 18.7 Å². The maximum atomic E-state index is 12.3. The molecule has 140 valence electrons. The third-order valence-electron chi connectivity index (χ3n) is 3.93. The Morgan fingerprint density at radius 3 is 2.59 bits per heavy atom. The fraction of sp³-hybridized carbons (Fsp3) is 0.222. The summed E-state index contributed by atoms with van der Waals surface area (Å²) in [6, 6.07) is 9.71. The summed E-state index contributed by atoms with van der Waals surface area (Å²) in [7, 11) is 1.55. The van der Waals surface area contributed by atoms with E-state index in [1.807, 2.05) is 0 Å². The zero-order valence-electron chi connectivity index (χ0n) is 14.5. The molecule has 3 aromatic rings. The van der Waals surface area contributed by atoms with E-state index in [1.165, 1.54) is 23.3 Å².